The van der Waals surface area contributed by atoms with Crippen LogP contribution in [0.4, 0.5) is 0 Å². The lowest BCUT2D eigenvalue weighted by Crippen LogP contribution is -1.94. The van der Waals surface area contributed by atoms with Crippen molar-refractivity contribution < 1.29 is 9.53 Å². The van der Waals surface area contributed by atoms with Crippen molar-refractivity contribution in [2.75, 3.05) is 0 Å². The molecular weight excluding hydrogens is 264 g/mol. The van der Waals surface area contributed by atoms with E-state index in [1.54, 1.807) is 12.3 Å². The molecular formula is C17H14N2O2. The molecule has 0 unspecified atom stereocenters. The largest absolute Gasteiger partial charge is 0.457 e. The van der Waals surface area contributed by atoms with Crippen molar-refractivity contribution in [2.24, 2.45) is 0 Å². The maximum atomic E-state index is 10.6. The van der Waals surface area contributed by atoms with Crippen LogP contribution < -0.4 is 4.74 Å². The molecule has 4 heteroatoms. The third kappa shape index (κ3) is 3.00. The van der Waals surface area contributed by atoms with E-state index in [9.17, 15) is 4.79 Å². The molecule has 0 aliphatic heterocycles. The molecule has 3 aromatic rings. The Morgan fingerprint density at radius 3 is 2.52 bits per heavy atom. The fourth-order valence-electron chi connectivity index (χ4n) is 2.06. The van der Waals surface area contributed by atoms with Gasteiger partial charge in [-0.05, 0) is 55.0 Å². The summed E-state index contributed by atoms with van der Waals surface area (Å²) in [5, 5.41) is 4.13. The fourth-order valence-corrected chi connectivity index (χ4v) is 2.06. The number of aryl methyl sites for hydroxylation is 1. The quantitative estimate of drug-likeness (QED) is 0.684. The van der Waals surface area contributed by atoms with Crippen molar-refractivity contribution in [2.45, 2.75) is 6.92 Å². The van der Waals surface area contributed by atoms with Gasteiger partial charge in [-0.1, -0.05) is 12.1 Å². The summed E-state index contributed by atoms with van der Waals surface area (Å²) in [6.45, 7) is 2.03. The predicted molar refractivity (Wildman–Crippen MR) is 81.1 cm³/mol. The van der Waals surface area contributed by atoms with Gasteiger partial charge in [-0.3, -0.25) is 4.79 Å². The van der Waals surface area contributed by atoms with Crippen molar-refractivity contribution in [3.05, 3.63) is 66.4 Å². The number of benzene rings is 2. The first-order valence-corrected chi connectivity index (χ1v) is 6.60. The number of nitrogens with zero attached hydrogens (tertiary/aromatic N) is 2. The smallest absolute Gasteiger partial charge is 0.234 e. The second kappa shape index (κ2) is 5.63. The van der Waals surface area contributed by atoms with E-state index in [2.05, 4.69) is 5.10 Å². The van der Waals surface area contributed by atoms with E-state index < -0.39 is 0 Å². The Morgan fingerprint density at radius 2 is 1.86 bits per heavy atom. The van der Waals surface area contributed by atoms with Crippen molar-refractivity contribution in [1.29, 1.82) is 0 Å². The van der Waals surface area contributed by atoms with Gasteiger partial charge in [0, 0.05) is 11.8 Å². The fraction of sp³-hybridized carbons (Fsp3) is 0.0588. The van der Waals surface area contributed by atoms with Gasteiger partial charge < -0.3 is 4.74 Å². The third-order valence-corrected chi connectivity index (χ3v) is 3.09. The molecule has 0 saturated carbocycles. The molecule has 0 aliphatic carbocycles. The Labute approximate surface area is 122 Å². The number of carbonyl (C=O) groups is 1. The molecule has 0 spiro atoms. The van der Waals surface area contributed by atoms with Crippen LogP contribution in [0.15, 0.2) is 60.8 Å². The molecule has 3 rings (SSSR count). The molecule has 1 aromatic heterocycles. The molecule has 4 nitrogen and oxygen atoms in total. The summed E-state index contributed by atoms with van der Waals surface area (Å²) in [4.78, 5) is 10.6. The van der Waals surface area contributed by atoms with E-state index in [1.165, 1.54) is 4.68 Å². The Hall–Kier alpha value is -2.88. The summed E-state index contributed by atoms with van der Waals surface area (Å²) >= 11 is 0. The topological polar surface area (TPSA) is 44.1 Å². The maximum Gasteiger partial charge on any atom is 0.234 e. The minimum atomic E-state index is 0.665. The molecule has 0 N–H and O–H groups in total. The van der Waals surface area contributed by atoms with Crippen molar-refractivity contribution in [1.82, 2.24) is 9.78 Å². The van der Waals surface area contributed by atoms with Crippen LogP contribution in [0.25, 0.3) is 11.3 Å². The van der Waals surface area contributed by atoms with E-state index in [0.717, 1.165) is 28.3 Å². The molecule has 0 amide bonds. The lowest BCUT2D eigenvalue weighted by molar-refractivity contribution is 0.482. The average molecular weight is 278 g/mol. The normalized spacial score (nSPS) is 10.3. The molecule has 0 fully saturated rings. The van der Waals surface area contributed by atoms with Gasteiger partial charge in [0.25, 0.3) is 0 Å². The molecule has 2 aromatic carbocycles. The van der Waals surface area contributed by atoms with E-state index in [0.29, 0.717) is 6.41 Å². The van der Waals surface area contributed by atoms with Crippen LogP contribution in [-0.4, -0.2) is 16.2 Å². The number of ether oxygens (including phenoxy) is 1. The van der Waals surface area contributed by atoms with Gasteiger partial charge in [-0.25, -0.2) is 4.68 Å². The molecule has 0 radical (unpaired) electrons. The first-order valence-electron chi connectivity index (χ1n) is 6.60. The van der Waals surface area contributed by atoms with Gasteiger partial charge in [0.1, 0.15) is 11.5 Å². The molecule has 0 bridgehead atoms. The zero-order valence-corrected chi connectivity index (χ0v) is 11.6. The van der Waals surface area contributed by atoms with Crippen LogP contribution in [0.2, 0.25) is 0 Å². The highest BCUT2D eigenvalue weighted by Crippen LogP contribution is 2.25. The van der Waals surface area contributed by atoms with E-state index in [-0.39, 0.29) is 0 Å². The molecule has 104 valence electrons. The van der Waals surface area contributed by atoms with Gasteiger partial charge in [0.2, 0.25) is 6.41 Å². The van der Waals surface area contributed by atoms with Crippen LogP contribution in [0.5, 0.6) is 11.5 Å². The van der Waals surface area contributed by atoms with Crippen LogP contribution in [-0.2, 0) is 4.79 Å². The number of carbonyl (C=O) groups excluding carboxylic acids is 1. The van der Waals surface area contributed by atoms with Gasteiger partial charge in [-0.15, -0.1) is 0 Å². The van der Waals surface area contributed by atoms with Crippen molar-refractivity contribution in [3.63, 3.8) is 0 Å². The average Bonchev–Trinajstić information content (AvgIpc) is 2.97. The summed E-state index contributed by atoms with van der Waals surface area (Å²) in [6, 6.07) is 17.3. The number of hydrogen-bond acceptors (Lipinski definition) is 3. The zero-order valence-electron chi connectivity index (χ0n) is 11.6. The van der Waals surface area contributed by atoms with E-state index in [4.69, 9.17) is 4.74 Å². The number of hydrogen-bond donors (Lipinski definition) is 0. The summed E-state index contributed by atoms with van der Waals surface area (Å²) in [6.07, 6.45) is 2.29. The summed E-state index contributed by atoms with van der Waals surface area (Å²) in [7, 11) is 0. The monoisotopic (exact) mass is 278 g/mol. The molecule has 0 aliphatic rings. The minimum absolute atomic E-state index is 0.665. The molecule has 21 heavy (non-hydrogen) atoms. The van der Waals surface area contributed by atoms with Crippen molar-refractivity contribution in [3.8, 4) is 22.8 Å². The Morgan fingerprint density at radius 1 is 1.05 bits per heavy atom. The molecule has 0 saturated heterocycles. The van der Waals surface area contributed by atoms with Gasteiger partial charge in [0.15, 0.2) is 0 Å². The molecule has 0 atom stereocenters. The van der Waals surface area contributed by atoms with Crippen LogP contribution in [0.1, 0.15) is 5.56 Å². The second-order valence-electron chi connectivity index (χ2n) is 4.73. The number of rotatable bonds is 4. The highest BCUT2D eigenvalue weighted by atomic mass is 16.5. The first kappa shape index (κ1) is 13.1. The Kier molecular flexibility index (Phi) is 3.51. The number of aromatic nitrogens is 2. The summed E-state index contributed by atoms with van der Waals surface area (Å²) in [5.74, 6) is 1.58. The SMILES string of the molecule is Cc1cccc(Oc2ccc(-c3ccn(C=O)n3)cc2)c1. The van der Waals surface area contributed by atoms with Crippen LogP contribution in [0.3, 0.4) is 0 Å². The van der Waals surface area contributed by atoms with E-state index in [1.807, 2.05) is 55.5 Å². The van der Waals surface area contributed by atoms with Crippen molar-refractivity contribution >= 4 is 6.41 Å². The van der Waals surface area contributed by atoms with Gasteiger partial charge >= 0.3 is 0 Å². The summed E-state index contributed by atoms with van der Waals surface area (Å²) < 4.78 is 7.04. The van der Waals surface area contributed by atoms with Gasteiger partial charge in [0.05, 0.1) is 5.69 Å². The molecule has 1 heterocycles. The second-order valence-corrected chi connectivity index (χ2v) is 4.73. The first-order chi connectivity index (χ1) is 10.2. The van der Waals surface area contributed by atoms with Crippen LogP contribution >= 0.6 is 0 Å². The lowest BCUT2D eigenvalue weighted by Gasteiger charge is -2.06. The highest BCUT2D eigenvalue weighted by Gasteiger charge is 2.03. The lowest BCUT2D eigenvalue weighted by atomic mass is 10.1. The minimum Gasteiger partial charge on any atom is -0.457 e. The van der Waals surface area contributed by atoms with Crippen LogP contribution in [0, 0.1) is 6.92 Å². The Balaban J connectivity index is 1.79. The highest BCUT2D eigenvalue weighted by molar-refractivity contribution is 5.62. The zero-order chi connectivity index (χ0) is 14.7. The maximum absolute atomic E-state index is 10.6. The third-order valence-electron chi connectivity index (χ3n) is 3.09. The Bertz CT molecular complexity index is 760. The summed E-state index contributed by atoms with van der Waals surface area (Å²) in [5.41, 5.74) is 2.85. The van der Waals surface area contributed by atoms with E-state index >= 15 is 0 Å². The standard InChI is InChI=1S/C17H14N2O2/c1-13-3-2-4-16(11-13)21-15-7-5-14(6-8-15)17-9-10-19(12-20)18-17/h2-12H,1H3. The predicted octanol–water partition coefficient (Wildman–Crippen LogP) is 3.69. The van der Waals surface area contributed by atoms with Gasteiger partial charge in [-0.2, -0.15) is 5.10 Å².